The molecule has 1 aromatic heterocycles. The monoisotopic (exact) mass is 237 g/mol. The fourth-order valence-corrected chi connectivity index (χ4v) is 2.35. The predicted molar refractivity (Wildman–Crippen MR) is 64.1 cm³/mol. The molecule has 94 valence electrons. The lowest BCUT2D eigenvalue weighted by atomic mass is 10.2. The highest BCUT2D eigenvalue weighted by molar-refractivity contribution is 5.86. The smallest absolute Gasteiger partial charge is 0.372 e. The van der Waals surface area contributed by atoms with Gasteiger partial charge in [-0.1, -0.05) is 12.8 Å². The topological polar surface area (TPSA) is 53.7 Å². The molecule has 4 heteroatoms. The van der Waals surface area contributed by atoms with E-state index in [0.717, 1.165) is 25.4 Å². The minimum atomic E-state index is -0.982. The van der Waals surface area contributed by atoms with Gasteiger partial charge < -0.3 is 9.52 Å². The minimum absolute atomic E-state index is 0.0785. The number of nitrogens with zero attached hydrogens (tertiary/aromatic N) is 1. The zero-order valence-electron chi connectivity index (χ0n) is 10.2. The second kappa shape index (κ2) is 5.36. The maximum Gasteiger partial charge on any atom is 0.372 e. The Hall–Kier alpha value is -1.29. The van der Waals surface area contributed by atoms with Crippen molar-refractivity contribution in [1.82, 2.24) is 4.90 Å². The molecule has 17 heavy (non-hydrogen) atoms. The van der Waals surface area contributed by atoms with Crippen LogP contribution >= 0.6 is 0 Å². The number of rotatable bonds is 3. The van der Waals surface area contributed by atoms with Crippen molar-refractivity contribution in [2.75, 3.05) is 13.1 Å². The summed E-state index contributed by atoms with van der Waals surface area (Å²) in [7, 11) is 0. The maximum absolute atomic E-state index is 10.9. The van der Waals surface area contributed by atoms with Crippen molar-refractivity contribution in [3.8, 4) is 0 Å². The first-order chi connectivity index (χ1) is 8.16. The summed E-state index contributed by atoms with van der Waals surface area (Å²) in [6, 6.07) is 1.84. The number of carboxylic acid groups (broad SMARTS) is 1. The summed E-state index contributed by atoms with van der Waals surface area (Å²) in [4.78, 5) is 13.2. The molecule has 0 bridgehead atoms. The molecular formula is C13H19NO3. The van der Waals surface area contributed by atoms with E-state index < -0.39 is 5.97 Å². The molecule has 1 saturated heterocycles. The highest BCUT2D eigenvalue weighted by atomic mass is 16.4. The SMILES string of the molecule is Cc1cc(CN2CCCCCC2)oc1C(=O)O. The van der Waals surface area contributed by atoms with Gasteiger partial charge in [-0.25, -0.2) is 4.79 Å². The molecule has 2 rings (SSSR count). The minimum Gasteiger partial charge on any atom is -0.475 e. The Morgan fingerprint density at radius 1 is 1.35 bits per heavy atom. The lowest BCUT2D eigenvalue weighted by molar-refractivity contribution is 0.0657. The van der Waals surface area contributed by atoms with E-state index in [2.05, 4.69) is 4.90 Å². The highest BCUT2D eigenvalue weighted by Crippen LogP contribution is 2.18. The Bertz CT molecular complexity index is 389. The average molecular weight is 237 g/mol. The molecule has 1 aromatic rings. The van der Waals surface area contributed by atoms with Gasteiger partial charge in [0.2, 0.25) is 5.76 Å². The van der Waals surface area contributed by atoms with Crippen LogP contribution in [0.4, 0.5) is 0 Å². The Balaban J connectivity index is 2.02. The van der Waals surface area contributed by atoms with E-state index in [0.29, 0.717) is 5.56 Å². The van der Waals surface area contributed by atoms with Gasteiger partial charge in [0.1, 0.15) is 5.76 Å². The summed E-state index contributed by atoms with van der Waals surface area (Å²) in [5, 5.41) is 8.92. The van der Waals surface area contributed by atoms with Crippen molar-refractivity contribution in [3.63, 3.8) is 0 Å². The molecule has 4 nitrogen and oxygen atoms in total. The Morgan fingerprint density at radius 3 is 2.53 bits per heavy atom. The third kappa shape index (κ3) is 3.09. The number of aryl methyl sites for hydroxylation is 1. The second-order valence-electron chi connectivity index (χ2n) is 4.72. The van der Waals surface area contributed by atoms with Crippen molar-refractivity contribution in [2.24, 2.45) is 0 Å². The van der Waals surface area contributed by atoms with Crippen LogP contribution in [0.1, 0.15) is 47.6 Å². The molecule has 0 aliphatic carbocycles. The van der Waals surface area contributed by atoms with E-state index in [4.69, 9.17) is 9.52 Å². The van der Waals surface area contributed by atoms with Gasteiger partial charge >= 0.3 is 5.97 Å². The van der Waals surface area contributed by atoms with Crippen LogP contribution in [0.15, 0.2) is 10.5 Å². The van der Waals surface area contributed by atoms with Crippen LogP contribution in [0.3, 0.4) is 0 Å². The highest BCUT2D eigenvalue weighted by Gasteiger charge is 2.16. The van der Waals surface area contributed by atoms with Gasteiger partial charge in [0.15, 0.2) is 0 Å². The van der Waals surface area contributed by atoms with Crippen LogP contribution in [0.25, 0.3) is 0 Å². The largest absolute Gasteiger partial charge is 0.475 e. The first-order valence-electron chi connectivity index (χ1n) is 6.22. The summed E-state index contributed by atoms with van der Waals surface area (Å²) < 4.78 is 5.38. The van der Waals surface area contributed by atoms with Gasteiger partial charge in [-0.05, 0) is 38.9 Å². The third-order valence-electron chi connectivity index (χ3n) is 3.24. The van der Waals surface area contributed by atoms with Crippen LogP contribution in [-0.4, -0.2) is 29.1 Å². The van der Waals surface area contributed by atoms with Gasteiger partial charge in [0.25, 0.3) is 0 Å². The Morgan fingerprint density at radius 2 is 2.00 bits per heavy atom. The van der Waals surface area contributed by atoms with Crippen LogP contribution in [0, 0.1) is 6.92 Å². The molecule has 0 spiro atoms. The van der Waals surface area contributed by atoms with Crippen LogP contribution < -0.4 is 0 Å². The number of aromatic carboxylic acids is 1. The summed E-state index contributed by atoms with van der Waals surface area (Å²) in [6.45, 7) is 4.68. The molecule has 0 unspecified atom stereocenters. The van der Waals surface area contributed by atoms with E-state index in [-0.39, 0.29) is 5.76 Å². The van der Waals surface area contributed by atoms with Crippen molar-refractivity contribution in [1.29, 1.82) is 0 Å². The fourth-order valence-electron chi connectivity index (χ4n) is 2.35. The lowest BCUT2D eigenvalue weighted by Crippen LogP contribution is -2.23. The fraction of sp³-hybridized carbons (Fsp3) is 0.615. The molecule has 0 radical (unpaired) electrons. The van der Waals surface area contributed by atoms with E-state index in [1.54, 1.807) is 6.92 Å². The molecular weight excluding hydrogens is 218 g/mol. The second-order valence-corrected chi connectivity index (χ2v) is 4.72. The van der Waals surface area contributed by atoms with Crippen molar-refractivity contribution >= 4 is 5.97 Å². The summed E-state index contributed by atoms with van der Waals surface area (Å²) >= 11 is 0. The summed E-state index contributed by atoms with van der Waals surface area (Å²) in [5.74, 6) is -0.138. The van der Waals surface area contributed by atoms with Crippen molar-refractivity contribution in [3.05, 3.63) is 23.2 Å². The molecule has 1 fully saturated rings. The van der Waals surface area contributed by atoms with Gasteiger partial charge in [0.05, 0.1) is 6.54 Å². The number of likely N-dealkylation sites (tertiary alicyclic amines) is 1. The molecule has 1 aliphatic heterocycles. The zero-order valence-corrected chi connectivity index (χ0v) is 10.2. The number of hydrogen-bond acceptors (Lipinski definition) is 3. The van der Waals surface area contributed by atoms with E-state index >= 15 is 0 Å². The molecule has 0 atom stereocenters. The summed E-state index contributed by atoms with van der Waals surface area (Å²) in [6.07, 6.45) is 5.05. The van der Waals surface area contributed by atoms with Crippen LogP contribution in [-0.2, 0) is 6.54 Å². The van der Waals surface area contributed by atoms with Crippen LogP contribution in [0.5, 0.6) is 0 Å². The zero-order chi connectivity index (χ0) is 12.3. The van der Waals surface area contributed by atoms with Crippen molar-refractivity contribution < 1.29 is 14.3 Å². The Labute approximate surface area is 101 Å². The third-order valence-corrected chi connectivity index (χ3v) is 3.24. The normalized spacial score (nSPS) is 17.9. The van der Waals surface area contributed by atoms with Crippen LogP contribution in [0.2, 0.25) is 0 Å². The first kappa shape index (κ1) is 12.2. The molecule has 1 N–H and O–H groups in total. The number of furan rings is 1. The van der Waals surface area contributed by atoms with Gasteiger partial charge in [-0.2, -0.15) is 0 Å². The molecule has 0 aromatic carbocycles. The number of carboxylic acids is 1. The Kier molecular flexibility index (Phi) is 3.84. The lowest BCUT2D eigenvalue weighted by Gasteiger charge is -2.17. The number of carbonyl (C=O) groups is 1. The molecule has 1 aliphatic rings. The quantitative estimate of drug-likeness (QED) is 0.878. The van der Waals surface area contributed by atoms with Gasteiger partial charge in [-0.15, -0.1) is 0 Å². The van der Waals surface area contributed by atoms with E-state index in [1.807, 2.05) is 6.07 Å². The predicted octanol–water partition coefficient (Wildman–Crippen LogP) is 2.66. The van der Waals surface area contributed by atoms with Gasteiger partial charge in [-0.3, -0.25) is 4.90 Å². The van der Waals surface area contributed by atoms with E-state index in [1.165, 1.54) is 25.7 Å². The van der Waals surface area contributed by atoms with E-state index in [9.17, 15) is 4.79 Å². The maximum atomic E-state index is 10.9. The molecule has 2 heterocycles. The first-order valence-corrected chi connectivity index (χ1v) is 6.22. The van der Waals surface area contributed by atoms with Gasteiger partial charge in [0, 0.05) is 5.56 Å². The molecule has 0 amide bonds. The average Bonchev–Trinajstić information content (AvgIpc) is 2.50. The summed E-state index contributed by atoms with van der Waals surface area (Å²) in [5.41, 5.74) is 0.710. The number of hydrogen-bond donors (Lipinski definition) is 1. The standard InChI is InChI=1S/C13H19NO3/c1-10-8-11(17-12(10)13(15)16)9-14-6-4-2-3-5-7-14/h8H,2-7,9H2,1H3,(H,15,16). The molecule has 0 saturated carbocycles. The van der Waals surface area contributed by atoms with Crippen molar-refractivity contribution in [2.45, 2.75) is 39.2 Å².